The number of rotatable bonds is 7. The largest absolute Gasteiger partial charge is 0.379 e. The first-order valence-electron chi connectivity index (χ1n) is 10.2. The Hall–Kier alpha value is -3.59. The van der Waals surface area contributed by atoms with Gasteiger partial charge in [0.1, 0.15) is 11.9 Å². The highest BCUT2D eigenvalue weighted by Crippen LogP contribution is 2.21. The van der Waals surface area contributed by atoms with Gasteiger partial charge in [0.15, 0.2) is 0 Å². The summed E-state index contributed by atoms with van der Waals surface area (Å²) in [5.41, 5.74) is 2.60. The molecular formula is C21H21N9OS. The Morgan fingerprint density at radius 1 is 1.12 bits per heavy atom. The quantitative estimate of drug-likeness (QED) is 0.392. The molecule has 0 spiro atoms. The fourth-order valence-corrected chi connectivity index (χ4v) is 4.10. The summed E-state index contributed by atoms with van der Waals surface area (Å²) >= 11 is 1.64. The van der Waals surface area contributed by atoms with Crippen molar-refractivity contribution in [3.8, 4) is 6.07 Å². The third-order valence-electron chi connectivity index (χ3n) is 5.00. The third kappa shape index (κ3) is 4.83. The number of thiophene rings is 1. The lowest BCUT2D eigenvalue weighted by atomic mass is 10.3. The van der Waals surface area contributed by atoms with Gasteiger partial charge >= 0.3 is 0 Å². The summed E-state index contributed by atoms with van der Waals surface area (Å²) in [4.78, 5) is 24.3. The van der Waals surface area contributed by atoms with Gasteiger partial charge in [-0.3, -0.25) is 4.90 Å². The Balaban J connectivity index is 1.31. The minimum Gasteiger partial charge on any atom is -0.379 e. The van der Waals surface area contributed by atoms with Crippen LogP contribution in [0.1, 0.15) is 16.5 Å². The van der Waals surface area contributed by atoms with E-state index in [9.17, 15) is 5.26 Å². The molecule has 32 heavy (non-hydrogen) atoms. The molecule has 1 aliphatic rings. The second kappa shape index (κ2) is 9.27. The fraction of sp³-hybridized carbons (Fsp3) is 0.286. The van der Waals surface area contributed by atoms with E-state index in [2.05, 4.69) is 40.5 Å². The van der Waals surface area contributed by atoms with Crippen molar-refractivity contribution in [2.75, 3.05) is 36.9 Å². The van der Waals surface area contributed by atoms with E-state index in [0.29, 0.717) is 18.4 Å². The van der Waals surface area contributed by atoms with Crippen molar-refractivity contribution in [2.24, 2.45) is 0 Å². The van der Waals surface area contributed by atoms with Crippen LogP contribution in [0.4, 0.5) is 17.6 Å². The van der Waals surface area contributed by atoms with Crippen molar-refractivity contribution in [3.05, 3.63) is 52.2 Å². The minimum atomic E-state index is 0.0478. The van der Waals surface area contributed by atoms with Crippen LogP contribution in [-0.2, 0) is 17.8 Å². The second-order valence-electron chi connectivity index (χ2n) is 7.28. The number of imidazole rings is 1. The molecule has 3 aromatic heterocycles. The van der Waals surface area contributed by atoms with Gasteiger partial charge in [-0.2, -0.15) is 20.2 Å². The summed E-state index contributed by atoms with van der Waals surface area (Å²) in [6, 6.07) is 11.8. The van der Waals surface area contributed by atoms with Crippen molar-refractivity contribution in [1.29, 1.82) is 5.26 Å². The van der Waals surface area contributed by atoms with E-state index < -0.39 is 0 Å². The summed E-state index contributed by atoms with van der Waals surface area (Å²) < 4.78 is 5.41. The number of fused-ring (bicyclic) bond motifs is 1. The molecule has 0 amide bonds. The van der Waals surface area contributed by atoms with Gasteiger partial charge in [-0.1, -0.05) is 6.07 Å². The number of nitrogens with one attached hydrogen (secondary N) is 3. The van der Waals surface area contributed by atoms with Gasteiger partial charge in [-0.05, 0) is 29.6 Å². The Morgan fingerprint density at radius 2 is 2.00 bits per heavy atom. The lowest BCUT2D eigenvalue weighted by Crippen LogP contribution is -2.35. The maximum Gasteiger partial charge on any atom is 0.238 e. The maximum atomic E-state index is 9.30. The van der Waals surface area contributed by atoms with Gasteiger partial charge in [0.2, 0.25) is 17.7 Å². The predicted octanol–water partition coefficient (Wildman–Crippen LogP) is 2.87. The molecule has 10 nitrogen and oxygen atoms in total. The van der Waals surface area contributed by atoms with Gasteiger partial charge in [0.05, 0.1) is 37.3 Å². The number of nitrogens with zero attached hydrogens (tertiary/aromatic N) is 6. The highest BCUT2D eigenvalue weighted by atomic mass is 32.1. The summed E-state index contributed by atoms with van der Waals surface area (Å²) in [5, 5.41) is 17.6. The summed E-state index contributed by atoms with van der Waals surface area (Å²) in [5.74, 6) is 1.62. The molecule has 3 N–H and O–H groups in total. The van der Waals surface area contributed by atoms with Gasteiger partial charge in [0.25, 0.3) is 0 Å². The first kappa shape index (κ1) is 20.3. The van der Waals surface area contributed by atoms with Crippen molar-refractivity contribution in [1.82, 2.24) is 29.8 Å². The molecule has 4 aromatic rings. The number of aromatic amines is 1. The molecular weight excluding hydrogens is 426 g/mol. The Bertz CT molecular complexity index is 1240. The smallest absolute Gasteiger partial charge is 0.238 e. The molecule has 1 aromatic carbocycles. The normalized spacial score (nSPS) is 14.3. The van der Waals surface area contributed by atoms with Crippen LogP contribution < -0.4 is 10.6 Å². The predicted molar refractivity (Wildman–Crippen MR) is 122 cm³/mol. The SMILES string of the molecule is N#Cc1nc(NCc2cccs2)nc(Nc2ccc3nc(CN4CCOCC4)[nH]c3c2)n1. The van der Waals surface area contributed by atoms with Crippen LogP contribution in [0, 0.1) is 11.3 Å². The molecule has 4 heterocycles. The van der Waals surface area contributed by atoms with Gasteiger partial charge < -0.3 is 20.4 Å². The van der Waals surface area contributed by atoms with Crippen LogP contribution in [0.3, 0.4) is 0 Å². The molecule has 1 aliphatic heterocycles. The van der Waals surface area contributed by atoms with E-state index in [0.717, 1.165) is 60.3 Å². The molecule has 0 atom stereocenters. The van der Waals surface area contributed by atoms with Crippen LogP contribution in [0.15, 0.2) is 35.7 Å². The summed E-state index contributed by atoms with van der Waals surface area (Å²) in [6.45, 7) is 4.68. The molecule has 0 unspecified atom stereocenters. The first-order chi connectivity index (χ1) is 15.7. The molecule has 0 aliphatic carbocycles. The third-order valence-corrected chi connectivity index (χ3v) is 5.88. The van der Waals surface area contributed by atoms with E-state index in [1.807, 2.05) is 41.8 Å². The summed E-state index contributed by atoms with van der Waals surface area (Å²) in [6.07, 6.45) is 0. The monoisotopic (exact) mass is 447 g/mol. The zero-order valence-electron chi connectivity index (χ0n) is 17.2. The molecule has 5 rings (SSSR count). The highest BCUT2D eigenvalue weighted by molar-refractivity contribution is 7.09. The molecule has 1 fully saturated rings. The number of benzene rings is 1. The van der Waals surface area contributed by atoms with Crippen molar-refractivity contribution in [3.63, 3.8) is 0 Å². The lowest BCUT2D eigenvalue weighted by molar-refractivity contribution is 0.0332. The Kier molecular flexibility index (Phi) is 5.89. The number of morpholine rings is 1. The minimum absolute atomic E-state index is 0.0478. The Labute approximate surface area is 188 Å². The van der Waals surface area contributed by atoms with Crippen LogP contribution in [0.2, 0.25) is 0 Å². The van der Waals surface area contributed by atoms with E-state index in [-0.39, 0.29) is 5.82 Å². The molecule has 1 saturated heterocycles. The molecule has 0 saturated carbocycles. The van der Waals surface area contributed by atoms with E-state index in [1.54, 1.807) is 11.3 Å². The number of H-pyrrole nitrogens is 1. The van der Waals surface area contributed by atoms with Gasteiger partial charge in [0, 0.05) is 23.7 Å². The second-order valence-corrected chi connectivity index (χ2v) is 8.31. The van der Waals surface area contributed by atoms with Crippen LogP contribution in [0.25, 0.3) is 11.0 Å². The average molecular weight is 448 g/mol. The zero-order chi connectivity index (χ0) is 21.8. The van der Waals surface area contributed by atoms with Crippen LogP contribution in [0.5, 0.6) is 0 Å². The van der Waals surface area contributed by atoms with Crippen molar-refractivity contribution < 1.29 is 4.74 Å². The molecule has 162 valence electrons. The standard InChI is InChI=1S/C21H21N9OS/c22-11-18-27-20(23-12-15-2-1-9-32-15)29-21(28-18)24-14-3-4-16-17(10-14)26-19(25-16)13-30-5-7-31-8-6-30/h1-4,9-10H,5-8,12-13H2,(H,25,26)(H2,23,24,27,28,29). The highest BCUT2D eigenvalue weighted by Gasteiger charge is 2.13. The number of hydrogen-bond donors (Lipinski definition) is 3. The van der Waals surface area contributed by atoms with E-state index >= 15 is 0 Å². The van der Waals surface area contributed by atoms with Gasteiger partial charge in [-0.25, -0.2) is 4.98 Å². The number of anilines is 3. The number of hydrogen-bond acceptors (Lipinski definition) is 10. The zero-order valence-corrected chi connectivity index (χ0v) is 18.0. The lowest BCUT2D eigenvalue weighted by Gasteiger charge is -2.25. The fourth-order valence-electron chi connectivity index (χ4n) is 3.46. The van der Waals surface area contributed by atoms with Crippen LogP contribution >= 0.6 is 11.3 Å². The molecule has 11 heteroatoms. The van der Waals surface area contributed by atoms with Crippen molar-refractivity contribution in [2.45, 2.75) is 13.1 Å². The topological polar surface area (TPSA) is 128 Å². The van der Waals surface area contributed by atoms with Crippen LogP contribution in [-0.4, -0.2) is 56.1 Å². The number of nitriles is 1. The average Bonchev–Trinajstić information content (AvgIpc) is 3.47. The van der Waals surface area contributed by atoms with E-state index in [4.69, 9.17) is 4.74 Å². The summed E-state index contributed by atoms with van der Waals surface area (Å²) in [7, 11) is 0. The number of ether oxygens (including phenoxy) is 1. The molecule has 0 radical (unpaired) electrons. The first-order valence-corrected chi connectivity index (χ1v) is 11.1. The van der Waals surface area contributed by atoms with E-state index in [1.165, 1.54) is 0 Å². The van der Waals surface area contributed by atoms with Crippen molar-refractivity contribution >= 4 is 40.0 Å². The van der Waals surface area contributed by atoms with Gasteiger partial charge in [-0.15, -0.1) is 11.3 Å². The molecule has 0 bridgehead atoms. The number of aromatic nitrogens is 5. The maximum absolute atomic E-state index is 9.30. The Morgan fingerprint density at radius 3 is 2.81 bits per heavy atom.